The smallest absolute Gasteiger partial charge is 0.246 e. The molecule has 3 heteroatoms. The summed E-state index contributed by atoms with van der Waals surface area (Å²) >= 11 is 0. The predicted octanol–water partition coefficient (Wildman–Crippen LogP) is 4.68. The van der Waals surface area contributed by atoms with Crippen LogP contribution < -0.4 is 0 Å². The minimum Gasteiger partial charge on any atom is -0.436 e. The first-order valence-corrected chi connectivity index (χ1v) is 6.86. The second-order valence-corrected chi connectivity index (χ2v) is 5.11. The summed E-state index contributed by atoms with van der Waals surface area (Å²) in [6, 6.07) is 16.7. The van der Waals surface area contributed by atoms with Gasteiger partial charge in [-0.3, -0.25) is 0 Å². The highest BCUT2D eigenvalue weighted by Crippen LogP contribution is 2.39. The van der Waals surface area contributed by atoms with Crippen LogP contribution in [0.25, 0.3) is 43.7 Å². The maximum absolute atomic E-state index is 6.00. The van der Waals surface area contributed by atoms with Gasteiger partial charge in [0, 0.05) is 17.8 Å². The molecule has 5 aromatic rings. The number of rotatable bonds is 0. The summed E-state index contributed by atoms with van der Waals surface area (Å²) < 4.78 is 6.00. The molecule has 21 heavy (non-hydrogen) atoms. The Hall–Kier alpha value is -2.94. The van der Waals surface area contributed by atoms with Crippen molar-refractivity contribution in [2.45, 2.75) is 0 Å². The van der Waals surface area contributed by atoms with Gasteiger partial charge in [0.25, 0.3) is 0 Å². The molecule has 0 unspecified atom stereocenters. The van der Waals surface area contributed by atoms with Crippen LogP contribution in [0.4, 0.5) is 0 Å². The number of nitrogens with zero attached hydrogens (tertiary/aromatic N) is 2. The van der Waals surface area contributed by atoms with Gasteiger partial charge in [0.2, 0.25) is 5.71 Å². The Labute approximate surface area is 119 Å². The van der Waals surface area contributed by atoms with Gasteiger partial charge in [-0.2, -0.15) is 0 Å². The summed E-state index contributed by atoms with van der Waals surface area (Å²) in [4.78, 5) is 8.77. The minimum atomic E-state index is 0.592. The molecule has 0 spiro atoms. The maximum atomic E-state index is 6.00. The van der Waals surface area contributed by atoms with E-state index in [1.807, 2.05) is 12.1 Å². The normalized spacial score (nSPS) is 11.8. The van der Waals surface area contributed by atoms with Crippen LogP contribution >= 0.6 is 0 Å². The molecule has 0 aliphatic carbocycles. The second-order valence-electron chi connectivity index (χ2n) is 5.11. The highest BCUT2D eigenvalue weighted by Gasteiger charge is 2.16. The quantitative estimate of drug-likeness (QED) is 0.383. The molecule has 0 amide bonds. The van der Waals surface area contributed by atoms with Crippen molar-refractivity contribution >= 4 is 43.7 Å². The largest absolute Gasteiger partial charge is 0.436 e. The van der Waals surface area contributed by atoms with Crippen molar-refractivity contribution in [2.75, 3.05) is 0 Å². The van der Waals surface area contributed by atoms with Gasteiger partial charge < -0.3 is 4.42 Å². The lowest BCUT2D eigenvalue weighted by Gasteiger charge is -2.05. The van der Waals surface area contributed by atoms with Gasteiger partial charge in [0.1, 0.15) is 11.1 Å². The van der Waals surface area contributed by atoms with Gasteiger partial charge in [-0.15, -0.1) is 0 Å². The second kappa shape index (κ2) is 3.79. The Kier molecular flexibility index (Phi) is 1.95. The molecule has 2 aromatic heterocycles. The number of hydrogen-bond acceptors (Lipinski definition) is 3. The summed E-state index contributed by atoms with van der Waals surface area (Å²) in [6.45, 7) is 0. The topological polar surface area (TPSA) is 38.9 Å². The third-order valence-corrected chi connectivity index (χ3v) is 3.99. The van der Waals surface area contributed by atoms with Crippen LogP contribution in [0, 0.1) is 0 Å². The average molecular weight is 270 g/mol. The van der Waals surface area contributed by atoms with Gasteiger partial charge in [-0.05, 0) is 16.2 Å². The molecule has 0 radical (unpaired) electrons. The molecular weight excluding hydrogens is 260 g/mol. The van der Waals surface area contributed by atoms with Crippen molar-refractivity contribution < 1.29 is 4.42 Å². The third kappa shape index (κ3) is 1.32. The number of aromatic nitrogens is 2. The first-order valence-electron chi connectivity index (χ1n) is 6.86. The van der Waals surface area contributed by atoms with Gasteiger partial charge in [-0.25, -0.2) is 9.97 Å². The lowest BCUT2D eigenvalue weighted by atomic mass is 9.98. The van der Waals surface area contributed by atoms with Crippen molar-refractivity contribution in [3.05, 3.63) is 60.9 Å². The molecular formula is C18H10N2O. The van der Waals surface area contributed by atoms with Gasteiger partial charge in [0.05, 0.1) is 5.39 Å². The molecule has 0 saturated heterocycles. The van der Waals surface area contributed by atoms with E-state index >= 15 is 0 Å². The van der Waals surface area contributed by atoms with Crippen molar-refractivity contribution in [3.63, 3.8) is 0 Å². The molecule has 2 heterocycles. The molecule has 0 aliphatic heterocycles. The number of hydrogen-bond donors (Lipinski definition) is 0. The van der Waals surface area contributed by atoms with Crippen molar-refractivity contribution in [1.82, 2.24) is 9.97 Å². The zero-order chi connectivity index (χ0) is 13.8. The molecule has 0 atom stereocenters. The highest BCUT2D eigenvalue weighted by atomic mass is 16.3. The van der Waals surface area contributed by atoms with Crippen molar-refractivity contribution in [3.8, 4) is 0 Å². The van der Waals surface area contributed by atoms with Crippen LogP contribution in [0.15, 0.2) is 65.3 Å². The van der Waals surface area contributed by atoms with Crippen molar-refractivity contribution in [2.24, 2.45) is 0 Å². The maximum Gasteiger partial charge on any atom is 0.246 e. The molecule has 0 fully saturated rings. The third-order valence-electron chi connectivity index (χ3n) is 3.99. The van der Waals surface area contributed by atoms with Gasteiger partial charge in [0.15, 0.2) is 0 Å². The van der Waals surface area contributed by atoms with E-state index in [0.717, 1.165) is 27.3 Å². The monoisotopic (exact) mass is 270 g/mol. The molecule has 5 rings (SSSR count). The van der Waals surface area contributed by atoms with E-state index in [2.05, 4.69) is 46.4 Å². The minimum absolute atomic E-state index is 0.592. The summed E-state index contributed by atoms with van der Waals surface area (Å²) in [7, 11) is 0. The Bertz CT molecular complexity index is 1140. The van der Waals surface area contributed by atoms with E-state index in [1.165, 1.54) is 10.8 Å². The van der Waals surface area contributed by atoms with Crippen LogP contribution in [0.1, 0.15) is 0 Å². The molecule has 0 aliphatic rings. The summed E-state index contributed by atoms with van der Waals surface area (Å²) in [6.07, 6.45) is 3.37. The fourth-order valence-electron chi connectivity index (χ4n) is 3.12. The Morgan fingerprint density at radius 2 is 1.29 bits per heavy atom. The Morgan fingerprint density at radius 3 is 2.10 bits per heavy atom. The van der Waals surface area contributed by atoms with E-state index in [0.29, 0.717) is 5.71 Å². The first kappa shape index (κ1) is 10.8. The fourth-order valence-corrected chi connectivity index (χ4v) is 3.12. The van der Waals surface area contributed by atoms with Crippen LogP contribution in [0.2, 0.25) is 0 Å². The average Bonchev–Trinajstić information content (AvgIpc) is 2.95. The molecule has 0 N–H and O–H groups in total. The molecule has 3 aromatic carbocycles. The number of furan rings is 1. The first-order chi connectivity index (χ1) is 10.4. The lowest BCUT2D eigenvalue weighted by Crippen LogP contribution is -1.81. The Balaban J connectivity index is 2.25. The molecule has 0 bridgehead atoms. The number of benzene rings is 3. The molecule has 0 saturated carbocycles. The fraction of sp³-hybridized carbons (Fsp3) is 0. The van der Waals surface area contributed by atoms with Crippen LogP contribution in [0.3, 0.4) is 0 Å². The standard InChI is InChI=1S/C18H10N2O/c1-3-7-13-11(5-1)12-6-2-4-8-14(12)17-15(13)16-18(21-17)20-10-9-19-16/h1-10H. The van der Waals surface area contributed by atoms with Crippen LogP contribution in [-0.4, -0.2) is 9.97 Å². The molecule has 98 valence electrons. The summed E-state index contributed by atoms with van der Waals surface area (Å²) in [5.74, 6) is 0. The van der Waals surface area contributed by atoms with E-state index in [9.17, 15) is 0 Å². The summed E-state index contributed by atoms with van der Waals surface area (Å²) in [5, 5.41) is 5.72. The van der Waals surface area contributed by atoms with Gasteiger partial charge in [-0.1, -0.05) is 48.5 Å². The molecule has 3 nitrogen and oxygen atoms in total. The number of fused-ring (bicyclic) bond motifs is 8. The van der Waals surface area contributed by atoms with Gasteiger partial charge >= 0.3 is 0 Å². The zero-order valence-corrected chi connectivity index (χ0v) is 11.1. The summed E-state index contributed by atoms with van der Waals surface area (Å²) in [5.41, 5.74) is 2.29. The van der Waals surface area contributed by atoms with E-state index in [-0.39, 0.29) is 0 Å². The van der Waals surface area contributed by atoms with E-state index in [1.54, 1.807) is 12.4 Å². The van der Waals surface area contributed by atoms with Crippen LogP contribution in [0.5, 0.6) is 0 Å². The SMILES string of the molecule is c1ccc2c(c1)c1ccccc1c1c3nccnc3oc21. The zero-order valence-electron chi connectivity index (χ0n) is 11.1. The van der Waals surface area contributed by atoms with E-state index < -0.39 is 0 Å². The highest BCUT2D eigenvalue weighted by molar-refractivity contribution is 6.29. The Morgan fingerprint density at radius 1 is 0.667 bits per heavy atom. The van der Waals surface area contributed by atoms with E-state index in [4.69, 9.17) is 4.42 Å². The lowest BCUT2D eigenvalue weighted by molar-refractivity contribution is 0.656. The van der Waals surface area contributed by atoms with Crippen LogP contribution in [-0.2, 0) is 0 Å². The predicted molar refractivity (Wildman–Crippen MR) is 84.3 cm³/mol. The van der Waals surface area contributed by atoms with Crippen molar-refractivity contribution in [1.29, 1.82) is 0 Å².